The van der Waals surface area contributed by atoms with E-state index in [9.17, 15) is 14.0 Å². The van der Waals surface area contributed by atoms with E-state index in [4.69, 9.17) is 0 Å². The van der Waals surface area contributed by atoms with E-state index in [1.54, 1.807) is 0 Å². The van der Waals surface area contributed by atoms with Gasteiger partial charge in [0.2, 0.25) is 5.91 Å². The third-order valence-electron chi connectivity index (χ3n) is 3.31. The summed E-state index contributed by atoms with van der Waals surface area (Å²) in [5.74, 6) is -1.47. The zero-order valence-corrected chi connectivity index (χ0v) is 13.0. The van der Waals surface area contributed by atoms with Gasteiger partial charge in [0.1, 0.15) is 0 Å². The van der Waals surface area contributed by atoms with Gasteiger partial charge in [-0.2, -0.15) is 0 Å². The molecular weight excluding hydrogens is 297 g/mol. The number of carbonyl (C=O) groups excluding carboxylic acids is 2. The van der Waals surface area contributed by atoms with Crippen LogP contribution in [0.5, 0.6) is 0 Å². The van der Waals surface area contributed by atoms with E-state index in [1.807, 2.05) is 32.0 Å². The zero-order valence-electron chi connectivity index (χ0n) is 13.0. The average molecular weight is 315 g/mol. The molecule has 2 aromatic rings. The predicted molar refractivity (Wildman–Crippen MR) is 85.7 cm³/mol. The number of nitrogens with zero attached hydrogens (tertiary/aromatic N) is 1. The SMILES string of the molecule is Cc1ccc(NC(=O)CCNC(=O)c2ccncc2F)c(C)c1. The number of amides is 2. The number of halogens is 1. The highest BCUT2D eigenvalue weighted by Crippen LogP contribution is 2.16. The van der Waals surface area contributed by atoms with E-state index in [0.29, 0.717) is 0 Å². The maximum atomic E-state index is 13.4. The fourth-order valence-electron chi connectivity index (χ4n) is 2.11. The number of aromatic nitrogens is 1. The maximum Gasteiger partial charge on any atom is 0.254 e. The number of rotatable bonds is 5. The number of nitrogens with one attached hydrogen (secondary N) is 2. The molecule has 0 aliphatic carbocycles. The summed E-state index contributed by atoms with van der Waals surface area (Å²) in [6.45, 7) is 4.01. The second kappa shape index (κ2) is 7.49. The standard InChI is InChI=1S/C17H18FN3O2/c1-11-3-4-15(12(2)9-11)21-16(22)6-8-20-17(23)13-5-7-19-10-14(13)18/h3-5,7,9-10H,6,8H2,1-2H3,(H,20,23)(H,21,22). The van der Waals surface area contributed by atoms with Crippen molar-refractivity contribution >= 4 is 17.5 Å². The summed E-state index contributed by atoms with van der Waals surface area (Å²) >= 11 is 0. The number of carbonyl (C=O) groups is 2. The lowest BCUT2D eigenvalue weighted by Gasteiger charge is -2.10. The van der Waals surface area contributed by atoms with Gasteiger partial charge in [-0.05, 0) is 31.5 Å². The van der Waals surface area contributed by atoms with Crippen LogP contribution in [0.1, 0.15) is 27.9 Å². The van der Waals surface area contributed by atoms with Crippen molar-refractivity contribution in [1.29, 1.82) is 0 Å². The van der Waals surface area contributed by atoms with Crippen LogP contribution in [0.2, 0.25) is 0 Å². The molecule has 6 heteroatoms. The molecule has 0 aliphatic heterocycles. The summed E-state index contributed by atoms with van der Waals surface area (Å²) < 4.78 is 13.4. The van der Waals surface area contributed by atoms with E-state index in [1.165, 1.54) is 12.3 Å². The van der Waals surface area contributed by atoms with Crippen molar-refractivity contribution in [3.8, 4) is 0 Å². The quantitative estimate of drug-likeness (QED) is 0.891. The Kier molecular flexibility index (Phi) is 5.41. The third-order valence-corrected chi connectivity index (χ3v) is 3.31. The van der Waals surface area contributed by atoms with Crippen LogP contribution in [-0.2, 0) is 4.79 Å². The minimum Gasteiger partial charge on any atom is -0.351 e. The molecule has 0 saturated carbocycles. The van der Waals surface area contributed by atoms with Gasteiger partial charge in [0.05, 0.1) is 11.8 Å². The molecule has 0 radical (unpaired) electrons. The lowest BCUT2D eigenvalue weighted by atomic mass is 10.1. The van der Waals surface area contributed by atoms with E-state index < -0.39 is 11.7 Å². The zero-order chi connectivity index (χ0) is 16.8. The van der Waals surface area contributed by atoms with Crippen LogP contribution in [0, 0.1) is 19.7 Å². The van der Waals surface area contributed by atoms with Crippen LogP contribution in [0.3, 0.4) is 0 Å². The Labute approximate surface area is 133 Å². The van der Waals surface area contributed by atoms with Crippen LogP contribution in [0.15, 0.2) is 36.7 Å². The molecule has 0 spiro atoms. The molecule has 5 nitrogen and oxygen atoms in total. The van der Waals surface area contributed by atoms with E-state index >= 15 is 0 Å². The number of hydrogen-bond donors (Lipinski definition) is 2. The summed E-state index contributed by atoms with van der Waals surface area (Å²) in [4.78, 5) is 27.3. The molecule has 2 amide bonds. The lowest BCUT2D eigenvalue weighted by molar-refractivity contribution is -0.116. The molecule has 0 bridgehead atoms. The summed E-state index contributed by atoms with van der Waals surface area (Å²) in [5, 5.41) is 5.30. The number of pyridine rings is 1. The first kappa shape index (κ1) is 16.6. The average Bonchev–Trinajstić information content (AvgIpc) is 2.50. The van der Waals surface area contributed by atoms with Crippen molar-refractivity contribution in [2.75, 3.05) is 11.9 Å². The number of benzene rings is 1. The molecule has 0 atom stereocenters. The monoisotopic (exact) mass is 315 g/mol. The van der Waals surface area contributed by atoms with Crippen molar-refractivity contribution < 1.29 is 14.0 Å². The topological polar surface area (TPSA) is 71.1 Å². The van der Waals surface area contributed by atoms with Crippen molar-refractivity contribution in [3.05, 3.63) is 59.2 Å². The van der Waals surface area contributed by atoms with Gasteiger partial charge < -0.3 is 10.6 Å². The summed E-state index contributed by atoms with van der Waals surface area (Å²) in [6.07, 6.45) is 2.42. The Morgan fingerprint density at radius 3 is 2.70 bits per heavy atom. The maximum absolute atomic E-state index is 13.4. The second-order valence-electron chi connectivity index (χ2n) is 5.23. The van der Waals surface area contributed by atoms with Gasteiger partial charge in [0.25, 0.3) is 5.91 Å². The van der Waals surface area contributed by atoms with Crippen LogP contribution < -0.4 is 10.6 Å². The van der Waals surface area contributed by atoms with Gasteiger partial charge in [0, 0.05) is 24.8 Å². The van der Waals surface area contributed by atoms with Crippen molar-refractivity contribution in [1.82, 2.24) is 10.3 Å². The summed E-state index contributed by atoms with van der Waals surface area (Å²) in [7, 11) is 0. The fourth-order valence-corrected chi connectivity index (χ4v) is 2.11. The van der Waals surface area contributed by atoms with Crippen LogP contribution in [0.25, 0.3) is 0 Å². The Bertz CT molecular complexity index is 732. The first-order valence-corrected chi connectivity index (χ1v) is 7.22. The molecule has 0 unspecified atom stereocenters. The smallest absolute Gasteiger partial charge is 0.254 e. The van der Waals surface area contributed by atoms with Crippen LogP contribution >= 0.6 is 0 Å². The van der Waals surface area contributed by atoms with Gasteiger partial charge >= 0.3 is 0 Å². The number of hydrogen-bond acceptors (Lipinski definition) is 3. The Morgan fingerprint density at radius 2 is 2.00 bits per heavy atom. The minimum absolute atomic E-state index is 0.0882. The predicted octanol–water partition coefficient (Wildman–Crippen LogP) is 2.60. The molecule has 23 heavy (non-hydrogen) atoms. The molecule has 120 valence electrons. The Balaban J connectivity index is 1.83. The largest absolute Gasteiger partial charge is 0.351 e. The van der Waals surface area contributed by atoms with E-state index in [2.05, 4.69) is 15.6 Å². The first-order chi connectivity index (χ1) is 11.0. The molecule has 2 rings (SSSR count). The normalized spacial score (nSPS) is 10.2. The first-order valence-electron chi connectivity index (χ1n) is 7.22. The molecule has 2 N–H and O–H groups in total. The summed E-state index contributed by atoms with van der Waals surface area (Å²) in [6, 6.07) is 7.02. The number of anilines is 1. The minimum atomic E-state index is -0.690. The molecule has 0 fully saturated rings. The van der Waals surface area contributed by atoms with E-state index in [0.717, 1.165) is 23.0 Å². The van der Waals surface area contributed by atoms with Crippen LogP contribution in [0.4, 0.5) is 10.1 Å². The third kappa shape index (κ3) is 4.60. The Morgan fingerprint density at radius 1 is 1.22 bits per heavy atom. The van der Waals surface area contributed by atoms with Gasteiger partial charge in [-0.15, -0.1) is 0 Å². The molecule has 1 aromatic carbocycles. The molecule has 1 aromatic heterocycles. The van der Waals surface area contributed by atoms with E-state index in [-0.39, 0.29) is 24.4 Å². The van der Waals surface area contributed by atoms with Gasteiger partial charge in [-0.3, -0.25) is 14.6 Å². The highest BCUT2D eigenvalue weighted by atomic mass is 19.1. The molecule has 1 heterocycles. The van der Waals surface area contributed by atoms with Crippen molar-refractivity contribution in [3.63, 3.8) is 0 Å². The molecular formula is C17H18FN3O2. The van der Waals surface area contributed by atoms with Gasteiger partial charge in [-0.1, -0.05) is 17.7 Å². The van der Waals surface area contributed by atoms with Gasteiger partial charge in [0.15, 0.2) is 5.82 Å². The summed E-state index contributed by atoms with van der Waals surface area (Å²) in [5.41, 5.74) is 2.75. The highest BCUT2D eigenvalue weighted by molar-refractivity contribution is 5.95. The fraction of sp³-hybridized carbons (Fsp3) is 0.235. The molecule has 0 saturated heterocycles. The van der Waals surface area contributed by atoms with Gasteiger partial charge in [-0.25, -0.2) is 4.39 Å². The van der Waals surface area contributed by atoms with Crippen molar-refractivity contribution in [2.45, 2.75) is 20.3 Å². The van der Waals surface area contributed by atoms with Crippen molar-refractivity contribution in [2.24, 2.45) is 0 Å². The van der Waals surface area contributed by atoms with Crippen LogP contribution in [-0.4, -0.2) is 23.3 Å². The second-order valence-corrected chi connectivity index (χ2v) is 5.23. The lowest BCUT2D eigenvalue weighted by Crippen LogP contribution is -2.28. The molecule has 0 aliphatic rings. The highest BCUT2D eigenvalue weighted by Gasteiger charge is 2.11. The Hall–Kier alpha value is -2.76. The number of aryl methyl sites for hydroxylation is 2.